The highest BCUT2D eigenvalue weighted by Gasteiger charge is 2.64. The number of hydrogen-bond acceptors (Lipinski definition) is 7. The minimum absolute atomic E-state index is 0.149. The first-order valence-electron chi connectivity index (χ1n) is 11.0. The van der Waals surface area contributed by atoms with Gasteiger partial charge < -0.3 is 23.7 Å². The summed E-state index contributed by atoms with van der Waals surface area (Å²) in [6, 6.07) is 12.9. The summed E-state index contributed by atoms with van der Waals surface area (Å²) in [6.45, 7) is 4.69. The summed E-state index contributed by atoms with van der Waals surface area (Å²) >= 11 is 0. The first kappa shape index (κ1) is 26.3. The van der Waals surface area contributed by atoms with Gasteiger partial charge in [0.05, 0.1) is 6.10 Å². The zero-order valence-electron chi connectivity index (χ0n) is 19.7. The van der Waals surface area contributed by atoms with Gasteiger partial charge in [0.1, 0.15) is 12.2 Å². The smallest absolute Gasteiger partial charge is 0.432 e. The Kier molecular flexibility index (Phi) is 7.94. The van der Waals surface area contributed by atoms with Crippen molar-refractivity contribution < 1.29 is 46.4 Å². The van der Waals surface area contributed by atoms with Crippen molar-refractivity contribution in [3.63, 3.8) is 0 Å². The minimum atomic E-state index is -5.16. The molecular formula is C25H27F3O7. The van der Waals surface area contributed by atoms with Gasteiger partial charge in [-0.15, -0.1) is 0 Å². The van der Waals surface area contributed by atoms with Gasteiger partial charge in [0, 0.05) is 19.1 Å². The van der Waals surface area contributed by atoms with Gasteiger partial charge in [-0.25, -0.2) is 9.59 Å². The van der Waals surface area contributed by atoms with Crippen molar-refractivity contribution in [2.45, 2.75) is 63.4 Å². The van der Waals surface area contributed by atoms with Crippen molar-refractivity contribution in [1.29, 1.82) is 0 Å². The molecule has 0 amide bonds. The molecule has 35 heavy (non-hydrogen) atoms. The molecule has 0 radical (unpaired) electrons. The number of alkyl halides is 3. The zero-order valence-corrected chi connectivity index (χ0v) is 19.7. The van der Waals surface area contributed by atoms with Crippen LogP contribution < -0.4 is 9.47 Å². The molecule has 7 nitrogen and oxygen atoms in total. The van der Waals surface area contributed by atoms with Crippen LogP contribution in [0.2, 0.25) is 0 Å². The first-order chi connectivity index (χ1) is 16.5. The maximum Gasteiger partial charge on any atom is 0.432 e. The highest BCUT2D eigenvalue weighted by atomic mass is 19.4. The maximum absolute atomic E-state index is 14.2. The number of para-hydroxylation sites is 2. The predicted molar refractivity (Wildman–Crippen MR) is 118 cm³/mol. The zero-order chi connectivity index (χ0) is 25.8. The fourth-order valence-corrected chi connectivity index (χ4v) is 3.86. The third kappa shape index (κ3) is 5.53. The van der Waals surface area contributed by atoms with Crippen molar-refractivity contribution in [2.75, 3.05) is 7.11 Å². The molecule has 0 saturated heterocycles. The van der Waals surface area contributed by atoms with Crippen LogP contribution in [0.4, 0.5) is 13.2 Å². The Morgan fingerprint density at radius 2 is 1.49 bits per heavy atom. The second-order valence-corrected chi connectivity index (χ2v) is 8.26. The summed E-state index contributed by atoms with van der Waals surface area (Å²) in [6.07, 6.45) is -8.76. The lowest BCUT2D eigenvalue weighted by Crippen LogP contribution is -2.54. The van der Waals surface area contributed by atoms with E-state index in [1.807, 2.05) is 0 Å². The van der Waals surface area contributed by atoms with Crippen LogP contribution in [-0.4, -0.2) is 49.6 Å². The van der Waals surface area contributed by atoms with Crippen molar-refractivity contribution in [2.24, 2.45) is 0 Å². The third-order valence-electron chi connectivity index (χ3n) is 5.54. The van der Waals surface area contributed by atoms with Crippen LogP contribution >= 0.6 is 0 Å². The second-order valence-electron chi connectivity index (χ2n) is 8.26. The molecule has 5 atom stereocenters. The Bertz CT molecular complexity index is 1030. The number of benzene rings is 2. The van der Waals surface area contributed by atoms with E-state index in [0.29, 0.717) is 12.2 Å². The highest BCUT2D eigenvalue weighted by Crippen LogP contribution is 2.43. The summed E-state index contributed by atoms with van der Waals surface area (Å²) in [4.78, 5) is 26.0. The normalized spacial score (nSPS) is 23.4. The van der Waals surface area contributed by atoms with Gasteiger partial charge in [0.2, 0.25) is 6.10 Å². The summed E-state index contributed by atoms with van der Waals surface area (Å²) in [5.74, 6) is -2.16. The van der Waals surface area contributed by atoms with Crippen LogP contribution in [0.25, 0.3) is 0 Å². The van der Waals surface area contributed by atoms with Crippen LogP contribution in [0.15, 0.2) is 54.6 Å². The molecule has 0 aliphatic carbocycles. The molecule has 0 saturated carbocycles. The summed E-state index contributed by atoms with van der Waals surface area (Å²) < 4.78 is 69.7. The number of esters is 2. The minimum Gasteiger partial charge on any atom is -0.487 e. The Balaban J connectivity index is 1.95. The molecule has 1 heterocycles. The second kappa shape index (κ2) is 10.6. The van der Waals surface area contributed by atoms with Gasteiger partial charge in [-0.1, -0.05) is 42.5 Å². The van der Waals surface area contributed by atoms with Gasteiger partial charge in [-0.3, -0.25) is 0 Å². The lowest BCUT2D eigenvalue weighted by Gasteiger charge is -2.34. The summed E-state index contributed by atoms with van der Waals surface area (Å²) in [7, 11) is 0.761. The summed E-state index contributed by atoms with van der Waals surface area (Å²) in [5.41, 5.74) is -3.88. The molecule has 10 heteroatoms. The van der Waals surface area contributed by atoms with E-state index in [9.17, 15) is 22.8 Å². The number of fused-ring (bicyclic) bond motifs is 1. The Hall–Kier alpha value is -3.27. The van der Waals surface area contributed by atoms with Crippen molar-refractivity contribution in [3.05, 3.63) is 60.2 Å². The average molecular weight is 496 g/mol. The molecule has 190 valence electrons. The van der Waals surface area contributed by atoms with Crippen molar-refractivity contribution >= 4 is 11.9 Å². The molecule has 3 rings (SSSR count). The molecule has 0 fully saturated rings. The fraction of sp³-hybridized carbons (Fsp3) is 0.440. The number of carbonyl (C=O) groups is 2. The SMILES string of the molecule is CO[C@](C(=O)O[C@@H](C)C1Oc2ccccc2O[C@@H](C)C[C@H](C)OC1=O)(c1ccccc1)C(F)(F)F. The van der Waals surface area contributed by atoms with Crippen LogP contribution in [0.3, 0.4) is 0 Å². The van der Waals surface area contributed by atoms with Gasteiger partial charge >= 0.3 is 18.1 Å². The lowest BCUT2D eigenvalue weighted by atomic mass is 9.92. The van der Waals surface area contributed by atoms with Gasteiger partial charge in [-0.05, 0) is 32.9 Å². The number of hydrogen-bond donors (Lipinski definition) is 0. The van der Waals surface area contributed by atoms with Crippen molar-refractivity contribution in [3.8, 4) is 11.5 Å². The van der Waals surface area contributed by atoms with Gasteiger partial charge in [-0.2, -0.15) is 13.2 Å². The molecular weight excluding hydrogens is 469 g/mol. The van der Waals surface area contributed by atoms with E-state index in [-0.39, 0.29) is 11.9 Å². The number of methoxy groups -OCH3 is 1. The number of rotatable bonds is 5. The van der Waals surface area contributed by atoms with E-state index >= 15 is 0 Å². The average Bonchev–Trinajstić information content (AvgIpc) is 2.78. The Morgan fingerprint density at radius 3 is 2.06 bits per heavy atom. The topological polar surface area (TPSA) is 80.3 Å². The standard InChI is InChI=1S/C25H27F3O7/c1-15-14-16(2)33-22(29)21(35-20-13-9-8-12-19(20)32-15)17(3)34-23(30)24(31-4,25(26,27)28)18-10-6-5-7-11-18/h5-13,15-17,21H,14H2,1-4H3/t15-,16-,17-,21?,24-/m0/s1. The molecule has 0 aromatic heterocycles. The van der Waals surface area contributed by atoms with Gasteiger partial charge in [0.15, 0.2) is 11.5 Å². The molecule has 0 bridgehead atoms. The number of ether oxygens (including phenoxy) is 5. The van der Waals surface area contributed by atoms with E-state index in [4.69, 9.17) is 23.7 Å². The molecule has 2 aromatic rings. The Labute approximate surface area is 201 Å². The lowest BCUT2D eigenvalue weighted by molar-refractivity contribution is -0.278. The number of carbonyl (C=O) groups excluding carboxylic acids is 2. The largest absolute Gasteiger partial charge is 0.487 e. The summed E-state index contributed by atoms with van der Waals surface area (Å²) in [5, 5.41) is 0. The van der Waals surface area contributed by atoms with Crippen LogP contribution in [0.5, 0.6) is 11.5 Å². The maximum atomic E-state index is 14.2. The molecule has 1 unspecified atom stereocenters. The molecule has 2 aromatic carbocycles. The van der Waals surface area contributed by atoms with Crippen LogP contribution in [-0.2, 0) is 29.4 Å². The highest BCUT2D eigenvalue weighted by molar-refractivity contribution is 5.84. The molecule has 0 N–H and O–H groups in total. The van der Waals surface area contributed by atoms with Gasteiger partial charge in [0.25, 0.3) is 5.60 Å². The van der Waals surface area contributed by atoms with Crippen LogP contribution in [0, 0.1) is 0 Å². The molecule has 0 spiro atoms. The Morgan fingerprint density at radius 1 is 0.943 bits per heavy atom. The van der Waals surface area contributed by atoms with Crippen molar-refractivity contribution in [1.82, 2.24) is 0 Å². The van der Waals surface area contributed by atoms with E-state index in [1.54, 1.807) is 32.0 Å². The third-order valence-corrected chi connectivity index (χ3v) is 5.54. The monoisotopic (exact) mass is 496 g/mol. The molecule has 1 aliphatic heterocycles. The van der Waals surface area contributed by atoms with E-state index in [0.717, 1.165) is 19.2 Å². The van der Waals surface area contributed by atoms with E-state index < -0.39 is 47.6 Å². The quantitative estimate of drug-likeness (QED) is 0.561. The fourth-order valence-electron chi connectivity index (χ4n) is 3.86. The molecule has 1 aliphatic rings. The van der Waals surface area contributed by atoms with E-state index in [1.165, 1.54) is 31.2 Å². The van der Waals surface area contributed by atoms with Crippen LogP contribution in [0.1, 0.15) is 32.8 Å². The number of cyclic esters (lactones) is 1. The first-order valence-corrected chi connectivity index (χ1v) is 11.0. The van der Waals surface area contributed by atoms with E-state index in [2.05, 4.69) is 0 Å². The number of halogens is 3. The predicted octanol–water partition coefficient (Wildman–Crippen LogP) is 4.57.